The van der Waals surface area contributed by atoms with Crippen LogP contribution in [0.3, 0.4) is 0 Å². The SMILES string of the molecule is C.C=C(C)C(=O)CCCCN(Cc1ccccc1B(O)O)Cc1c2ccccc2c(CN(CCCNC(=O)C(=C)C)Cc2ccccc2B(O)O)c2ccc(-c3ccc(C)c(C4=c5ccc6c(c5[Si](C)(C)c5c4ccc4c5CCCN4C)CCC[N+]=6C)c3)cc12. The Balaban J connectivity index is 0.00000891. The molecule has 0 radical (unpaired) electrons. The smallest absolute Gasteiger partial charge is 0.423 e. The Morgan fingerprint density at radius 1 is 0.644 bits per heavy atom. The summed E-state index contributed by atoms with van der Waals surface area (Å²) in [7, 11) is -1.06. The molecule has 464 valence electrons. The van der Waals surface area contributed by atoms with Gasteiger partial charge in [0.1, 0.15) is 21.7 Å². The number of rotatable bonds is 23. The molecule has 0 saturated heterocycles. The van der Waals surface area contributed by atoms with E-state index in [0.29, 0.717) is 87.1 Å². The van der Waals surface area contributed by atoms with E-state index in [-0.39, 0.29) is 19.1 Å². The summed E-state index contributed by atoms with van der Waals surface area (Å²) in [5, 5.41) is 56.0. The molecule has 0 unspecified atom stereocenters. The number of allylic oxidation sites excluding steroid dienone is 1. The molecule has 8 aromatic carbocycles. The van der Waals surface area contributed by atoms with Crippen LogP contribution >= 0.6 is 0 Å². The predicted molar refractivity (Wildman–Crippen MR) is 378 cm³/mol. The molecule has 0 atom stereocenters. The number of Topliss-reactive ketones (excluding diaryl/α,β-unsaturated/α-hetero) is 1. The zero-order chi connectivity index (χ0) is 62.8. The van der Waals surface area contributed by atoms with Crippen molar-refractivity contribution >= 4 is 88.1 Å². The Bertz CT molecular complexity index is 4240. The average Bonchev–Trinajstić information content (AvgIpc) is 0.705. The maximum atomic E-state index is 12.9. The van der Waals surface area contributed by atoms with Gasteiger partial charge < -0.3 is 30.3 Å². The van der Waals surface area contributed by atoms with E-state index < -0.39 is 22.3 Å². The second-order valence-corrected chi connectivity index (χ2v) is 30.2. The number of amides is 1. The highest BCUT2D eigenvalue weighted by atomic mass is 28.3. The van der Waals surface area contributed by atoms with Gasteiger partial charge in [-0.15, -0.1) is 0 Å². The van der Waals surface area contributed by atoms with Gasteiger partial charge in [-0.25, -0.2) is 4.58 Å². The summed E-state index contributed by atoms with van der Waals surface area (Å²) in [4.78, 5) is 32.8. The Hall–Kier alpha value is -7.52. The third-order valence-electron chi connectivity index (χ3n) is 19.3. The third kappa shape index (κ3) is 13.3. The minimum Gasteiger partial charge on any atom is -0.423 e. The van der Waals surface area contributed by atoms with E-state index in [9.17, 15) is 29.7 Å². The second-order valence-electron chi connectivity index (χ2n) is 25.9. The molecule has 11 nitrogen and oxygen atoms in total. The minimum absolute atomic E-state index is 0. The van der Waals surface area contributed by atoms with Crippen molar-refractivity contribution in [2.75, 3.05) is 51.7 Å². The normalized spacial score (nSPS) is 14.0. The fraction of sp³-hybridized carbons (Fsp3) is 0.329. The van der Waals surface area contributed by atoms with Gasteiger partial charge >= 0.3 is 14.2 Å². The van der Waals surface area contributed by atoms with Crippen LogP contribution in [0.2, 0.25) is 13.1 Å². The lowest BCUT2D eigenvalue weighted by Gasteiger charge is -2.40. The van der Waals surface area contributed by atoms with Crippen LogP contribution < -0.4 is 46.7 Å². The van der Waals surface area contributed by atoms with Crippen molar-refractivity contribution in [2.45, 2.75) is 119 Å². The average molecular weight is 1220 g/mol. The van der Waals surface area contributed by atoms with Crippen molar-refractivity contribution in [2.24, 2.45) is 0 Å². The van der Waals surface area contributed by atoms with Gasteiger partial charge in [-0.1, -0.05) is 137 Å². The predicted octanol–water partition coefficient (Wildman–Crippen LogP) is 8.20. The number of nitrogens with zero attached hydrogens (tertiary/aromatic N) is 4. The summed E-state index contributed by atoms with van der Waals surface area (Å²) in [6, 6.07) is 47.3. The summed E-state index contributed by atoms with van der Waals surface area (Å²) in [6.07, 6.45) is 6.91. The van der Waals surface area contributed by atoms with Crippen molar-refractivity contribution in [3.63, 3.8) is 0 Å². The molecule has 0 saturated carbocycles. The molecule has 90 heavy (non-hydrogen) atoms. The highest BCUT2D eigenvalue weighted by Crippen LogP contribution is 2.40. The standard InChI is InChI=1S/C75H85B2N5O6Si.CH4/c1-49(2)71(83)29-16-17-41-81(45-54-21-10-14-27-67(54)76(85)86)48-66-57-24-13-12-23-56(57)65(47-82(42-20-38-78-75(84)50(3)4)46-55-22-11-15-28-68(55)77(87)88)58-33-32-53(44-64(58)66)52-31-30-51(5)63(43-52)72-61-34-36-69-59(25-18-39-79(69)6)73(61)89(8,9)74-60-26-19-40-80(7)70(60)37-35-62(72)74;/h10-15,21-24,27-28,30-37,43-44,85-88H,1,3,16-20,25-26,29,38-42,45-48H2,2,4-9H3;1H4/p+1. The number of fused-ring (bicyclic) bond motifs is 8. The Morgan fingerprint density at radius 2 is 1.23 bits per heavy atom. The highest BCUT2D eigenvalue weighted by molar-refractivity contribution is 7.02. The largest absolute Gasteiger partial charge is 0.488 e. The highest BCUT2D eigenvalue weighted by Gasteiger charge is 2.42. The molecule has 0 aliphatic carbocycles. The summed E-state index contributed by atoms with van der Waals surface area (Å²) < 4.78 is 2.47. The summed E-state index contributed by atoms with van der Waals surface area (Å²) in [6.45, 7) is 24.4. The van der Waals surface area contributed by atoms with Crippen LogP contribution in [-0.2, 0) is 48.6 Å². The molecular weight excluding hydrogens is 1130 g/mol. The molecular formula is C76H90B2N5O6Si+. The maximum Gasteiger partial charge on any atom is 0.488 e. The Morgan fingerprint density at radius 3 is 1.88 bits per heavy atom. The zero-order valence-electron chi connectivity index (χ0n) is 53.2. The molecule has 0 bridgehead atoms. The van der Waals surface area contributed by atoms with E-state index in [1.165, 1.54) is 49.7 Å². The van der Waals surface area contributed by atoms with Gasteiger partial charge in [0.05, 0.1) is 0 Å². The molecule has 14 heteroatoms. The van der Waals surface area contributed by atoms with Crippen molar-refractivity contribution in [1.82, 2.24) is 19.7 Å². The first kappa shape index (κ1) is 65.4. The molecule has 3 aliphatic rings. The fourth-order valence-corrected chi connectivity index (χ4v) is 18.8. The lowest BCUT2D eigenvalue weighted by Crippen LogP contribution is -2.67. The molecule has 11 rings (SSSR count). The third-order valence-corrected chi connectivity index (χ3v) is 22.9. The number of nitrogens with one attached hydrogen (secondary N) is 1. The molecule has 3 aliphatic heterocycles. The Kier molecular flexibility index (Phi) is 20.3. The number of unbranched alkanes of at least 4 members (excludes halogenated alkanes) is 1. The van der Waals surface area contributed by atoms with Gasteiger partial charge in [-0.2, -0.15) is 0 Å². The number of anilines is 1. The second kappa shape index (κ2) is 27.9. The number of carbonyl (C=O) groups excluding carboxylic acids is 2. The zero-order valence-corrected chi connectivity index (χ0v) is 54.2. The van der Waals surface area contributed by atoms with Crippen LogP contribution in [0.5, 0.6) is 0 Å². The fourth-order valence-electron chi connectivity index (χ4n) is 14.8. The molecule has 0 fully saturated rings. The first-order valence-corrected chi connectivity index (χ1v) is 35.0. The maximum absolute atomic E-state index is 12.9. The molecule has 3 heterocycles. The number of hydrogen-bond donors (Lipinski definition) is 5. The van der Waals surface area contributed by atoms with E-state index >= 15 is 0 Å². The molecule has 5 N–H and O–H groups in total. The van der Waals surface area contributed by atoms with E-state index in [1.54, 1.807) is 36.4 Å². The molecule has 0 spiro atoms. The monoisotopic (exact) mass is 1220 g/mol. The van der Waals surface area contributed by atoms with Crippen molar-refractivity contribution < 1.29 is 29.7 Å². The van der Waals surface area contributed by atoms with Crippen LogP contribution in [0, 0.1) is 6.92 Å². The summed E-state index contributed by atoms with van der Waals surface area (Å²) >= 11 is 0. The first-order valence-electron chi connectivity index (χ1n) is 32.0. The van der Waals surface area contributed by atoms with Crippen LogP contribution in [0.25, 0.3) is 38.2 Å². The van der Waals surface area contributed by atoms with Crippen LogP contribution in [-0.4, -0.2) is 111 Å². The summed E-state index contributed by atoms with van der Waals surface area (Å²) in [5.41, 5.74) is 17.6. The van der Waals surface area contributed by atoms with Gasteiger partial charge in [-0.05, 0) is 205 Å². The van der Waals surface area contributed by atoms with Crippen LogP contribution in [0.1, 0.15) is 110 Å². The van der Waals surface area contributed by atoms with Crippen molar-refractivity contribution in [3.05, 3.63) is 218 Å². The number of aryl methyl sites for hydroxylation is 1. The topological polar surface area (TPSA) is 140 Å². The van der Waals surface area contributed by atoms with Gasteiger partial charge in [-0.3, -0.25) is 19.4 Å². The van der Waals surface area contributed by atoms with Crippen molar-refractivity contribution in [3.8, 4) is 11.1 Å². The lowest BCUT2D eigenvalue weighted by atomic mass is 9.77. The van der Waals surface area contributed by atoms with Crippen LogP contribution in [0.4, 0.5) is 5.69 Å². The van der Waals surface area contributed by atoms with E-state index in [2.05, 4.69) is 157 Å². The Labute approximate surface area is 534 Å². The van der Waals surface area contributed by atoms with Crippen LogP contribution in [0.15, 0.2) is 158 Å². The van der Waals surface area contributed by atoms with E-state index in [1.807, 2.05) is 36.4 Å². The van der Waals surface area contributed by atoms with E-state index in [4.69, 9.17) is 0 Å². The number of carbonyl (C=O) groups is 2. The molecule has 1 amide bonds. The van der Waals surface area contributed by atoms with Gasteiger partial charge in [0.2, 0.25) is 11.3 Å². The molecule has 8 aromatic rings. The van der Waals surface area contributed by atoms with Gasteiger partial charge in [0.25, 0.3) is 0 Å². The quantitative estimate of drug-likeness (QED) is 0.0141. The number of benzene rings is 8. The molecule has 0 aromatic heterocycles. The number of ketones is 1. The van der Waals surface area contributed by atoms with E-state index in [0.717, 1.165) is 100 Å². The lowest BCUT2D eigenvalue weighted by molar-refractivity contribution is -0.117. The van der Waals surface area contributed by atoms with Crippen molar-refractivity contribution in [1.29, 1.82) is 0 Å². The van der Waals surface area contributed by atoms with Gasteiger partial charge in [0, 0.05) is 88.6 Å². The number of hydrogen-bond acceptors (Lipinski definition) is 9. The first-order chi connectivity index (χ1) is 42.8. The summed E-state index contributed by atoms with van der Waals surface area (Å²) in [5.74, 6) is -0.124. The minimum atomic E-state index is -2.28. The van der Waals surface area contributed by atoms with Gasteiger partial charge in [0.15, 0.2) is 5.78 Å².